The molecule has 1 aromatic rings. The summed E-state index contributed by atoms with van der Waals surface area (Å²) in [7, 11) is 1.64. The van der Waals surface area contributed by atoms with Gasteiger partial charge in [-0.2, -0.15) is 0 Å². The van der Waals surface area contributed by atoms with Gasteiger partial charge in [-0.1, -0.05) is 12.1 Å². The summed E-state index contributed by atoms with van der Waals surface area (Å²) in [5, 5.41) is 6.70. The summed E-state index contributed by atoms with van der Waals surface area (Å²) in [5.74, 6) is -0.234. The highest BCUT2D eigenvalue weighted by Crippen LogP contribution is 2.12. The predicted molar refractivity (Wildman–Crippen MR) is 70.4 cm³/mol. The number of thiocarbonyl (C=S) groups is 1. The molecule has 17 heavy (non-hydrogen) atoms. The summed E-state index contributed by atoms with van der Waals surface area (Å²) < 4.78 is 17.6. The van der Waals surface area contributed by atoms with Crippen LogP contribution in [-0.2, 0) is 4.74 Å². The molecule has 0 aliphatic rings. The fraction of sp³-hybridized carbons (Fsp3) is 0.417. The first-order valence-corrected chi connectivity index (χ1v) is 5.83. The minimum Gasteiger partial charge on any atom is -0.383 e. The summed E-state index contributed by atoms with van der Waals surface area (Å²) >= 11 is 5.12. The maximum atomic E-state index is 12.7. The van der Waals surface area contributed by atoms with Gasteiger partial charge < -0.3 is 15.4 Å². The number of ether oxygens (including phenoxy) is 1. The van der Waals surface area contributed by atoms with Gasteiger partial charge in [-0.3, -0.25) is 0 Å². The lowest BCUT2D eigenvalue weighted by atomic mass is 10.1. The maximum Gasteiger partial charge on any atom is 0.166 e. The van der Waals surface area contributed by atoms with Gasteiger partial charge in [-0.15, -0.1) is 0 Å². The Morgan fingerprint density at radius 1 is 1.41 bits per heavy atom. The molecule has 1 atom stereocenters. The molecule has 1 rings (SSSR count). The van der Waals surface area contributed by atoms with E-state index in [1.54, 1.807) is 19.2 Å². The molecule has 0 radical (unpaired) electrons. The number of benzene rings is 1. The zero-order valence-corrected chi connectivity index (χ0v) is 10.8. The van der Waals surface area contributed by atoms with E-state index in [0.29, 0.717) is 18.3 Å². The lowest BCUT2D eigenvalue weighted by Gasteiger charge is -2.17. The molecule has 1 aromatic carbocycles. The standard InChI is InChI=1S/C12H17FN2OS/c1-9(10-3-5-11(13)6-4-10)15-12(17)14-7-8-16-2/h3-6,9H,7-8H2,1-2H3,(H2,14,15,17). The molecular formula is C12H17FN2OS. The average Bonchev–Trinajstić information content (AvgIpc) is 2.30. The third-order valence-electron chi connectivity index (χ3n) is 2.31. The van der Waals surface area contributed by atoms with E-state index in [0.717, 1.165) is 5.56 Å². The van der Waals surface area contributed by atoms with Crippen LogP contribution >= 0.6 is 12.2 Å². The Kier molecular flexibility index (Phi) is 5.86. The highest BCUT2D eigenvalue weighted by molar-refractivity contribution is 7.80. The second-order valence-electron chi connectivity index (χ2n) is 3.67. The van der Waals surface area contributed by atoms with Crippen molar-refractivity contribution in [3.8, 4) is 0 Å². The molecule has 0 aromatic heterocycles. The number of hydrogen-bond acceptors (Lipinski definition) is 2. The first kappa shape index (κ1) is 13.9. The Balaban J connectivity index is 2.40. The molecule has 0 amide bonds. The fourth-order valence-corrected chi connectivity index (χ4v) is 1.63. The number of nitrogens with one attached hydrogen (secondary N) is 2. The van der Waals surface area contributed by atoms with Crippen LogP contribution in [0.4, 0.5) is 4.39 Å². The zero-order valence-electron chi connectivity index (χ0n) is 10.00. The molecule has 5 heteroatoms. The number of methoxy groups -OCH3 is 1. The first-order chi connectivity index (χ1) is 8.13. The van der Waals surface area contributed by atoms with Gasteiger partial charge in [-0.05, 0) is 36.8 Å². The predicted octanol–water partition coefficient (Wildman–Crippen LogP) is 2.00. The van der Waals surface area contributed by atoms with Gasteiger partial charge in [0.1, 0.15) is 5.82 Å². The van der Waals surface area contributed by atoms with E-state index in [1.165, 1.54) is 12.1 Å². The summed E-state index contributed by atoms with van der Waals surface area (Å²) in [4.78, 5) is 0. The van der Waals surface area contributed by atoms with Crippen LogP contribution < -0.4 is 10.6 Å². The summed E-state index contributed by atoms with van der Waals surface area (Å²) in [5.41, 5.74) is 0.988. The van der Waals surface area contributed by atoms with Crippen molar-refractivity contribution >= 4 is 17.3 Å². The molecule has 0 saturated heterocycles. The van der Waals surface area contributed by atoms with Gasteiger partial charge in [0.05, 0.1) is 12.6 Å². The van der Waals surface area contributed by atoms with Crippen molar-refractivity contribution in [2.45, 2.75) is 13.0 Å². The third-order valence-corrected chi connectivity index (χ3v) is 2.57. The minimum absolute atomic E-state index is 0.0399. The lowest BCUT2D eigenvalue weighted by Crippen LogP contribution is -2.38. The Labute approximate surface area is 106 Å². The second kappa shape index (κ2) is 7.19. The molecule has 94 valence electrons. The van der Waals surface area contributed by atoms with Gasteiger partial charge in [0.2, 0.25) is 0 Å². The van der Waals surface area contributed by atoms with Crippen molar-refractivity contribution in [2.75, 3.05) is 20.3 Å². The van der Waals surface area contributed by atoms with Crippen LogP contribution in [0, 0.1) is 5.82 Å². The number of hydrogen-bond donors (Lipinski definition) is 2. The molecule has 0 heterocycles. The van der Waals surface area contributed by atoms with Crippen molar-refractivity contribution in [3.05, 3.63) is 35.6 Å². The molecule has 0 aliphatic carbocycles. The second-order valence-corrected chi connectivity index (χ2v) is 4.07. The largest absolute Gasteiger partial charge is 0.383 e. The smallest absolute Gasteiger partial charge is 0.166 e. The van der Waals surface area contributed by atoms with Crippen molar-refractivity contribution in [1.29, 1.82) is 0 Å². The van der Waals surface area contributed by atoms with E-state index in [2.05, 4.69) is 10.6 Å². The Morgan fingerprint density at radius 2 is 2.06 bits per heavy atom. The summed E-state index contributed by atoms with van der Waals surface area (Å²) in [6.45, 7) is 3.24. The van der Waals surface area contributed by atoms with E-state index in [-0.39, 0.29) is 11.9 Å². The van der Waals surface area contributed by atoms with Crippen molar-refractivity contribution in [3.63, 3.8) is 0 Å². The molecule has 0 fully saturated rings. The molecule has 0 aliphatic heterocycles. The van der Waals surface area contributed by atoms with Gasteiger partial charge in [0, 0.05) is 13.7 Å². The molecule has 0 saturated carbocycles. The Morgan fingerprint density at radius 3 is 2.65 bits per heavy atom. The van der Waals surface area contributed by atoms with Gasteiger partial charge >= 0.3 is 0 Å². The number of rotatable bonds is 5. The van der Waals surface area contributed by atoms with E-state index < -0.39 is 0 Å². The minimum atomic E-state index is -0.234. The van der Waals surface area contributed by atoms with Gasteiger partial charge in [-0.25, -0.2) is 4.39 Å². The highest BCUT2D eigenvalue weighted by Gasteiger charge is 2.06. The molecule has 3 nitrogen and oxygen atoms in total. The monoisotopic (exact) mass is 256 g/mol. The Bertz CT molecular complexity index is 356. The van der Waals surface area contributed by atoms with E-state index in [4.69, 9.17) is 17.0 Å². The van der Waals surface area contributed by atoms with Crippen LogP contribution in [-0.4, -0.2) is 25.4 Å². The quantitative estimate of drug-likeness (QED) is 0.623. The van der Waals surface area contributed by atoms with Crippen LogP contribution in [0.2, 0.25) is 0 Å². The maximum absolute atomic E-state index is 12.7. The average molecular weight is 256 g/mol. The Hall–Kier alpha value is -1.20. The summed E-state index contributed by atoms with van der Waals surface area (Å²) in [6, 6.07) is 6.40. The van der Waals surface area contributed by atoms with E-state index in [1.807, 2.05) is 6.92 Å². The fourth-order valence-electron chi connectivity index (χ4n) is 1.35. The van der Waals surface area contributed by atoms with Crippen LogP contribution in [0.5, 0.6) is 0 Å². The SMILES string of the molecule is COCCNC(=S)NC(C)c1ccc(F)cc1. The highest BCUT2D eigenvalue weighted by atomic mass is 32.1. The van der Waals surface area contributed by atoms with E-state index >= 15 is 0 Å². The van der Waals surface area contributed by atoms with Crippen LogP contribution in [0.25, 0.3) is 0 Å². The molecule has 0 spiro atoms. The topological polar surface area (TPSA) is 33.3 Å². The van der Waals surface area contributed by atoms with Gasteiger partial charge in [0.15, 0.2) is 5.11 Å². The summed E-state index contributed by atoms with van der Waals surface area (Å²) in [6.07, 6.45) is 0. The van der Waals surface area contributed by atoms with Gasteiger partial charge in [0.25, 0.3) is 0 Å². The van der Waals surface area contributed by atoms with Crippen LogP contribution in [0.15, 0.2) is 24.3 Å². The van der Waals surface area contributed by atoms with Crippen LogP contribution in [0.1, 0.15) is 18.5 Å². The lowest BCUT2D eigenvalue weighted by molar-refractivity contribution is 0.204. The molecular weight excluding hydrogens is 239 g/mol. The normalized spacial score (nSPS) is 11.9. The van der Waals surface area contributed by atoms with Crippen molar-refractivity contribution in [1.82, 2.24) is 10.6 Å². The van der Waals surface area contributed by atoms with Crippen molar-refractivity contribution in [2.24, 2.45) is 0 Å². The third kappa shape index (κ3) is 5.10. The number of halogens is 1. The first-order valence-electron chi connectivity index (χ1n) is 5.42. The molecule has 1 unspecified atom stereocenters. The van der Waals surface area contributed by atoms with Crippen molar-refractivity contribution < 1.29 is 9.13 Å². The van der Waals surface area contributed by atoms with E-state index in [9.17, 15) is 4.39 Å². The molecule has 0 bridgehead atoms. The molecule has 2 N–H and O–H groups in total. The van der Waals surface area contributed by atoms with Crippen LogP contribution in [0.3, 0.4) is 0 Å². The zero-order chi connectivity index (χ0) is 12.7.